The van der Waals surface area contributed by atoms with E-state index in [1.807, 2.05) is 0 Å². The molecule has 0 N–H and O–H groups in total. The smallest absolute Gasteiger partial charge is 0.308 e. The Balaban J connectivity index is 5.02. The molecule has 0 aromatic heterocycles. The van der Waals surface area contributed by atoms with Crippen LogP contribution < -0.4 is 0 Å². The molecule has 0 heterocycles. The van der Waals surface area contributed by atoms with Gasteiger partial charge >= 0.3 is 36.0 Å². The normalized spacial score (nSPS) is 17.1. The molecule has 0 amide bonds. The van der Waals surface area contributed by atoms with E-state index in [1.54, 1.807) is 20.8 Å². The minimum Gasteiger partial charge on any atom is -0.308 e. The maximum absolute atomic E-state index is 15.0. The van der Waals surface area contributed by atoms with Crippen molar-refractivity contribution in [1.82, 2.24) is 0 Å². The summed E-state index contributed by atoms with van der Waals surface area (Å²) in [5.74, 6) is -0.542. The monoisotopic (exact) mass is 592 g/mol. The third-order valence-corrected chi connectivity index (χ3v) is 14.3. The lowest BCUT2D eigenvalue weighted by molar-refractivity contribution is 0.163. The molecule has 0 aliphatic heterocycles. The van der Waals surface area contributed by atoms with Gasteiger partial charge in [-0.1, -0.05) is 0 Å². The molecule has 3 unspecified atom stereocenters. The first-order valence-corrected chi connectivity index (χ1v) is 18.3. The maximum Gasteiger partial charge on any atom is 0.377 e. The lowest BCUT2D eigenvalue weighted by atomic mass is 10.3. The second-order valence-electron chi connectivity index (χ2n) is 6.63. The van der Waals surface area contributed by atoms with Crippen LogP contribution in [0.5, 0.6) is 0 Å². The Bertz CT molecular complexity index is 748. The van der Waals surface area contributed by atoms with Gasteiger partial charge in [-0.15, -0.1) is 0 Å². The molecule has 0 bridgehead atoms. The summed E-state index contributed by atoms with van der Waals surface area (Å²) in [5, 5.41) is 0. The summed E-state index contributed by atoms with van der Waals surface area (Å²) in [6.07, 6.45) is 0.431. The highest BCUT2D eigenvalue weighted by molar-refractivity contribution is 7.72. The second kappa shape index (κ2) is 17.9. The Hall–Kier alpha value is 0.530. The number of alkyl halides is 1. The summed E-state index contributed by atoms with van der Waals surface area (Å²) >= 11 is 0. The van der Waals surface area contributed by atoms with Crippen LogP contribution in [0.1, 0.15) is 54.4 Å². The molecule has 0 aliphatic rings. The maximum atomic E-state index is 15.0. The van der Waals surface area contributed by atoms with Crippen molar-refractivity contribution in [1.29, 1.82) is 0 Å². The topological polar surface area (TPSA) is 142 Å². The SMILES string of the molecule is CCOP(=O)(CP(=O)(OCC)OCCCCOP(=O)(OCC)C(F)P(=O)(OCC)OCC)OCC. The first kappa shape index (κ1) is 35.5. The molecule has 35 heavy (non-hydrogen) atoms. The van der Waals surface area contributed by atoms with E-state index in [9.17, 15) is 18.3 Å². The molecular formula is C18H41FO12P4. The van der Waals surface area contributed by atoms with Crippen LogP contribution in [0.3, 0.4) is 0 Å². The lowest BCUT2D eigenvalue weighted by Gasteiger charge is -2.26. The predicted octanol–water partition coefficient (Wildman–Crippen LogP) is 7.00. The van der Waals surface area contributed by atoms with Gasteiger partial charge in [0, 0.05) is 0 Å². The average Bonchev–Trinajstić information content (AvgIpc) is 2.76. The highest BCUT2D eigenvalue weighted by atomic mass is 31.2. The predicted molar refractivity (Wildman–Crippen MR) is 131 cm³/mol. The van der Waals surface area contributed by atoms with Gasteiger partial charge < -0.3 is 36.2 Å². The minimum absolute atomic E-state index is 0.0494. The van der Waals surface area contributed by atoms with Crippen LogP contribution in [0, 0.1) is 0 Å². The molecule has 0 aliphatic carbocycles. The molecule has 17 heteroatoms. The fourth-order valence-electron chi connectivity index (χ4n) is 2.67. The van der Waals surface area contributed by atoms with Crippen molar-refractivity contribution >= 4 is 30.4 Å². The molecular weight excluding hydrogens is 551 g/mol. The molecule has 0 saturated carbocycles. The summed E-state index contributed by atoms with van der Waals surface area (Å²) in [6.45, 7) is 8.83. The Morgan fingerprint density at radius 3 is 1.20 bits per heavy atom. The van der Waals surface area contributed by atoms with Crippen molar-refractivity contribution in [3.63, 3.8) is 0 Å². The molecule has 0 rings (SSSR count). The van der Waals surface area contributed by atoms with Crippen LogP contribution in [0.25, 0.3) is 0 Å². The lowest BCUT2D eigenvalue weighted by Crippen LogP contribution is -2.14. The molecule has 3 atom stereocenters. The van der Waals surface area contributed by atoms with Gasteiger partial charge in [0.25, 0.3) is 0 Å². The summed E-state index contributed by atoms with van der Waals surface area (Å²) in [4.78, 5) is 0. The molecule has 0 aromatic carbocycles. The number of rotatable bonds is 23. The van der Waals surface area contributed by atoms with E-state index >= 15 is 4.39 Å². The van der Waals surface area contributed by atoms with Crippen LogP contribution >= 0.6 is 30.4 Å². The number of hydrogen-bond acceptors (Lipinski definition) is 12. The van der Waals surface area contributed by atoms with E-state index in [0.29, 0.717) is 0 Å². The van der Waals surface area contributed by atoms with E-state index < -0.39 is 41.9 Å². The van der Waals surface area contributed by atoms with Gasteiger partial charge in [-0.3, -0.25) is 18.3 Å². The number of halogens is 1. The van der Waals surface area contributed by atoms with Crippen LogP contribution in [0.2, 0.25) is 0 Å². The average molecular weight is 592 g/mol. The van der Waals surface area contributed by atoms with Gasteiger partial charge in [0.1, 0.15) is 0 Å². The zero-order chi connectivity index (χ0) is 27.0. The standard InChI is InChI=1S/C18H41FO12P4/c1-7-24-32(20,25-8-2)17-33(21,26-9-3)30-15-13-14-16-31-35(23,29-12-6)18(19)34(22,27-10-4)28-11-5/h18H,7-17H2,1-6H3. The Kier molecular flexibility index (Phi) is 18.2. The number of unbranched alkanes of at least 4 members (excludes halogenated alkanes) is 1. The van der Waals surface area contributed by atoms with Gasteiger partial charge in [-0.25, -0.2) is 4.39 Å². The largest absolute Gasteiger partial charge is 0.377 e. The van der Waals surface area contributed by atoms with Gasteiger partial charge in [0.15, 0.2) is 5.90 Å². The van der Waals surface area contributed by atoms with Crippen LogP contribution in [-0.2, 0) is 54.5 Å². The molecule has 0 saturated heterocycles. The van der Waals surface area contributed by atoms with Crippen molar-refractivity contribution in [2.45, 2.75) is 60.0 Å². The molecule has 212 valence electrons. The first-order chi connectivity index (χ1) is 16.4. The molecule has 12 nitrogen and oxygen atoms in total. The Morgan fingerprint density at radius 2 is 0.829 bits per heavy atom. The van der Waals surface area contributed by atoms with E-state index in [0.717, 1.165) is 0 Å². The highest BCUT2D eigenvalue weighted by Crippen LogP contribution is 2.71. The zero-order valence-electron chi connectivity index (χ0n) is 21.4. The quantitative estimate of drug-likeness (QED) is 0.0890. The molecule has 0 aromatic rings. The van der Waals surface area contributed by atoms with Crippen molar-refractivity contribution in [3.05, 3.63) is 0 Å². The van der Waals surface area contributed by atoms with E-state index in [2.05, 4.69) is 0 Å². The first-order valence-electron chi connectivity index (χ1n) is 11.6. The Labute approximate surface area is 208 Å². The molecule has 0 radical (unpaired) electrons. The summed E-state index contributed by atoms with van der Waals surface area (Å²) in [7, 11) is -16.4. The van der Waals surface area contributed by atoms with Crippen molar-refractivity contribution in [3.8, 4) is 0 Å². The van der Waals surface area contributed by atoms with Crippen molar-refractivity contribution in [2.75, 3.05) is 58.8 Å². The van der Waals surface area contributed by atoms with Crippen LogP contribution in [0.4, 0.5) is 4.39 Å². The van der Waals surface area contributed by atoms with E-state index in [4.69, 9.17) is 36.2 Å². The van der Waals surface area contributed by atoms with E-state index in [1.165, 1.54) is 20.8 Å². The summed E-state index contributed by atoms with van der Waals surface area (Å²) < 4.78 is 107. The van der Waals surface area contributed by atoms with Crippen molar-refractivity contribution in [2.24, 2.45) is 0 Å². The van der Waals surface area contributed by atoms with Gasteiger partial charge in [0.05, 0.1) is 52.9 Å². The van der Waals surface area contributed by atoms with E-state index in [-0.39, 0.29) is 65.7 Å². The van der Waals surface area contributed by atoms with Gasteiger partial charge in [-0.2, -0.15) is 0 Å². The fourth-order valence-corrected chi connectivity index (χ4v) is 11.7. The third kappa shape index (κ3) is 12.8. The highest BCUT2D eigenvalue weighted by Gasteiger charge is 2.52. The van der Waals surface area contributed by atoms with Crippen molar-refractivity contribution < 1.29 is 58.8 Å². The third-order valence-electron chi connectivity index (χ3n) is 3.87. The minimum atomic E-state index is -4.50. The number of hydrogen-bond donors (Lipinski definition) is 0. The van der Waals surface area contributed by atoms with Gasteiger partial charge in [-0.05, 0) is 54.4 Å². The second-order valence-corrected chi connectivity index (χ2v) is 15.7. The fraction of sp³-hybridized carbons (Fsp3) is 1.00. The zero-order valence-corrected chi connectivity index (χ0v) is 25.0. The molecule has 0 spiro atoms. The van der Waals surface area contributed by atoms with Crippen LogP contribution in [0.15, 0.2) is 0 Å². The summed E-state index contributed by atoms with van der Waals surface area (Å²) in [6, 6.07) is 0. The Morgan fingerprint density at radius 1 is 0.514 bits per heavy atom. The molecule has 0 fully saturated rings. The van der Waals surface area contributed by atoms with Gasteiger partial charge in [0.2, 0.25) is 0 Å². The summed E-state index contributed by atoms with van der Waals surface area (Å²) in [5.41, 5.74) is -2.62. The van der Waals surface area contributed by atoms with Crippen LogP contribution in [-0.4, -0.2) is 64.4 Å².